The van der Waals surface area contributed by atoms with Gasteiger partial charge >= 0.3 is 5.97 Å². The highest BCUT2D eigenvalue weighted by Crippen LogP contribution is 2.17. The number of aromatic nitrogens is 3. The zero-order valence-electron chi connectivity index (χ0n) is 12.0. The van der Waals surface area contributed by atoms with E-state index in [1.54, 1.807) is 18.3 Å². The third kappa shape index (κ3) is 2.85. The highest BCUT2D eigenvalue weighted by Gasteiger charge is 2.08. The van der Waals surface area contributed by atoms with Crippen molar-refractivity contribution >= 4 is 22.7 Å². The molecule has 2 aromatic heterocycles. The van der Waals surface area contributed by atoms with E-state index >= 15 is 0 Å². The molecule has 110 valence electrons. The Morgan fingerprint density at radius 1 is 1.14 bits per heavy atom. The molecule has 6 nitrogen and oxygen atoms in total. The smallest absolute Gasteiger partial charge is 0.358 e. The molecule has 22 heavy (non-hydrogen) atoms. The molecule has 6 heteroatoms. The highest BCUT2D eigenvalue weighted by molar-refractivity contribution is 5.87. The zero-order valence-corrected chi connectivity index (χ0v) is 12.0. The molecule has 0 radical (unpaired) electrons. The van der Waals surface area contributed by atoms with Crippen molar-refractivity contribution in [3.8, 4) is 0 Å². The largest absolute Gasteiger partial charge is 0.464 e. The van der Waals surface area contributed by atoms with E-state index in [4.69, 9.17) is 0 Å². The van der Waals surface area contributed by atoms with Crippen molar-refractivity contribution in [3.63, 3.8) is 0 Å². The Bertz CT molecular complexity index is 797. The van der Waals surface area contributed by atoms with Crippen LogP contribution in [-0.4, -0.2) is 28.3 Å². The van der Waals surface area contributed by atoms with Crippen molar-refractivity contribution in [1.29, 1.82) is 0 Å². The monoisotopic (exact) mass is 294 g/mol. The van der Waals surface area contributed by atoms with Gasteiger partial charge in [0.25, 0.3) is 0 Å². The fraction of sp³-hybridized carbons (Fsp3) is 0.125. The predicted octanol–water partition coefficient (Wildman–Crippen LogP) is 2.42. The van der Waals surface area contributed by atoms with Gasteiger partial charge in [-0.15, -0.1) is 10.2 Å². The van der Waals surface area contributed by atoms with Gasteiger partial charge in [0.1, 0.15) is 5.82 Å². The van der Waals surface area contributed by atoms with Gasteiger partial charge in [-0.25, -0.2) is 4.79 Å². The summed E-state index contributed by atoms with van der Waals surface area (Å²) in [6.45, 7) is 0.570. The highest BCUT2D eigenvalue weighted by atomic mass is 16.5. The third-order valence-electron chi connectivity index (χ3n) is 3.24. The summed E-state index contributed by atoms with van der Waals surface area (Å²) < 4.78 is 4.58. The van der Waals surface area contributed by atoms with E-state index in [1.165, 1.54) is 7.11 Å². The minimum absolute atomic E-state index is 0.180. The minimum Gasteiger partial charge on any atom is -0.464 e. The maximum atomic E-state index is 11.3. The second-order valence-electron chi connectivity index (χ2n) is 4.64. The Morgan fingerprint density at radius 3 is 2.77 bits per heavy atom. The van der Waals surface area contributed by atoms with Gasteiger partial charge in [0.15, 0.2) is 5.69 Å². The van der Waals surface area contributed by atoms with Gasteiger partial charge in [-0.3, -0.25) is 4.98 Å². The molecule has 0 aliphatic rings. The lowest BCUT2D eigenvalue weighted by atomic mass is 10.1. The second kappa shape index (κ2) is 6.17. The van der Waals surface area contributed by atoms with E-state index in [9.17, 15) is 4.79 Å². The Morgan fingerprint density at radius 2 is 2.00 bits per heavy atom. The summed E-state index contributed by atoms with van der Waals surface area (Å²) in [4.78, 5) is 15.7. The molecule has 0 amide bonds. The summed E-state index contributed by atoms with van der Waals surface area (Å²) in [5.41, 5.74) is 2.20. The summed E-state index contributed by atoms with van der Waals surface area (Å²) in [6.07, 6.45) is 1.77. The van der Waals surface area contributed by atoms with Crippen LogP contribution < -0.4 is 5.32 Å². The van der Waals surface area contributed by atoms with Gasteiger partial charge in [0, 0.05) is 18.1 Å². The van der Waals surface area contributed by atoms with Gasteiger partial charge in [-0.05, 0) is 23.8 Å². The first-order valence-corrected chi connectivity index (χ1v) is 6.76. The van der Waals surface area contributed by atoms with E-state index in [-0.39, 0.29) is 5.69 Å². The first-order chi connectivity index (χ1) is 10.8. The molecule has 0 saturated carbocycles. The van der Waals surface area contributed by atoms with Crippen LogP contribution in [0, 0.1) is 0 Å². The molecule has 0 bridgehead atoms. The van der Waals surface area contributed by atoms with Crippen LogP contribution in [0.1, 0.15) is 16.1 Å². The van der Waals surface area contributed by atoms with E-state index in [1.807, 2.05) is 30.3 Å². The number of fused-ring (bicyclic) bond motifs is 1. The molecule has 1 N–H and O–H groups in total. The van der Waals surface area contributed by atoms with Crippen LogP contribution in [0.4, 0.5) is 5.82 Å². The fourth-order valence-electron chi connectivity index (χ4n) is 2.14. The van der Waals surface area contributed by atoms with Crippen molar-refractivity contribution in [2.75, 3.05) is 12.4 Å². The van der Waals surface area contributed by atoms with Crippen LogP contribution in [0.25, 0.3) is 10.9 Å². The van der Waals surface area contributed by atoms with Gasteiger partial charge in [0.2, 0.25) is 0 Å². The molecule has 3 rings (SSSR count). The average Bonchev–Trinajstić information content (AvgIpc) is 2.59. The van der Waals surface area contributed by atoms with Crippen LogP contribution in [-0.2, 0) is 11.3 Å². The molecule has 0 saturated heterocycles. The van der Waals surface area contributed by atoms with E-state index in [0.29, 0.717) is 12.4 Å². The SMILES string of the molecule is COC(=O)c1ccc(NCc2cccc3cccnc23)nn1. The Labute approximate surface area is 127 Å². The van der Waals surface area contributed by atoms with Crippen molar-refractivity contribution in [2.45, 2.75) is 6.54 Å². The number of benzene rings is 1. The minimum atomic E-state index is -0.502. The number of para-hydroxylation sites is 1. The van der Waals surface area contributed by atoms with Crippen LogP contribution in [0.5, 0.6) is 0 Å². The molecule has 0 aliphatic heterocycles. The maximum absolute atomic E-state index is 11.3. The van der Waals surface area contributed by atoms with Crippen LogP contribution >= 0.6 is 0 Å². The molecule has 0 aliphatic carbocycles. The first kappa shape index (κ1) is 13.9. The summed E-state index contributed by atoms with van der Waals surface area (Å²) in [7, 11) is 1.31. The molecule has 1 aromatic carbocycles. The Hall–Kier alpha value is -3.02. The molecule has 0 atom stereocenters. The number of anilines is 1. The first-order valence-electron chi connectivity index (χ1n) is 6.76. The zero-order chi connectivity index (χ0) is 15.4. The van der Waals surface area contributed by atoms with E-state index in [0.717, 1.165) is 16.5 Å². The number of hydrogen-bond donors (Lipinski definition) is 1. The molecule has 3 aromatic rings. The standard InChI is InChI=1S/C16H14N4O2/c1-22-16(21)13-7-8-14(20-19-13)18-10-12-5-2-4-11-6-3-9-17-15(11)12/h2-9H,10H2,1H3,(H,18,20). The summed E-state index contributed by atoms with van der Waals surface area (Å²) in [5, 5.41) is 12.0. The average molecular weight is 294 g/mol. The maximum Gasteiger partial charge on any atom is 0.358 e. The topological polar surface area (TPSA) is 77.0 Å². The number of nitrogens with zero attached hydrogens (tertiary/aromatic N) is 3. The number of pyridine rings is 1. The third-order valence-corrected chi connectivity index (χ3v) is 3.24. The second-order valence-corrected chi connectivity index (χ2v) is 4.64. The lowest BCUT2D eigenvalue weighted by Gasteiger charge is -2.08. The number of carbonyl (C=O) groups excluding carboxylic acids is 1. The number of hydrogen-bond acceptors (Lipinski definition) is 6. The lowest BCUT2D eigenvalue weighted by molar-refractivity contribution is 0.0593. The number of nitrogens with one attached hydrogen (secondary N) is 1. The van der Waals surface area contributed by atoms with Gasteiger partial charge in [-0.2, -0.15) is 0 Å². The van der Waals surface area contributed by atoms with Crippen molar-refractivity contribution in [1.82, 2.24) is 15.2 Å². The Balaban J connectivity index is 1.75. The molecule has 2 heterocycles. The Kier molecular flexibility index (Phi) is 3.91. The van der Waals surface area contributed by atoms with Gasteiger partial charge in [0.05, 0.1) is 12.6 Å². The summed E-state index contributed by atoms with van der Waals surface area (Å²) in [5.74, 6) is 0.0814. The number of methoxy groups -OCH3 is 1. The number of esters is 1. The normalized spacial score (nSPS) is 10.4. The molecular weight excluding hydrogens is 280 g/mol. The summed E-state index contributed by atoms with van der Waals surface area (Å²) in [6, 6.07) is 13.2. The van der Waals surface area contributed by atoms with Crippen molar-refractivity contribution in [3.05, 3.63) is 59.9 Å². The van der Waals surface area contributed by atoms with Crippen LogP contribution in [0.3, 0.4) is 0 Å². The molecular formula is C16H14N4O2. The molecule has 0 spiro atoms. The van der Waals surface area contributed by atoms with Gasteiger partial charge < -0.3 is 10.1 Å². The number of ether oxygens (including phenoxy) is 1. The quantitative estimate of drug-likeness (QED) is 0.745. The van der Waals surface area contributed by atoms with Crippen molar-refractivity contribution in [2.24, 2.45) is 0 Å². The lowest BCUT2D eigenvalue weighted by Crippen LogP contribution is -2.08. The molecule has 0 fully saturated rings. The molecule has 0 unspecified atom stereocenters. The summed E-state index contributed by atoms with van der Waals surface area (Å²) >= 11 is 0. The predicted molar refractivity (Wildman–Crippen MR) is 82.4 cm³/mol. The number of carbonyl (C=O) groups is 1. The van der Waals surface area contributed by atoms with Crippen LogP contribution in [0.2, 0.25) is 0 Å². The van der Waals surface area contributed by atoms with Crippen molar-refractivity contribution < 1.29 is 9.53 Å². The van der Waals surface area contributed by atoms with E-state index in [2.05, 4.69) is 25.2 Å². The van der Waals surface area contributed by atoms with Gasteiger partial charge in [-0.1, -0.05) is 24.3 Å². The van der Waals surface area contributed by atoms with Crippen LogP contribution in [0.15, 0.2) is 48.7 Å². The fourth-order valence-corrected chi connectivity index (χ4v) is 2.14. The number of rotatable bonds is 4. The van der Waals surface area contributed by atoms with E-state index < -0.39 is 5.97 Å².